The van der Waals surface area contributed by atoms with Crippen molar-refractivity contribution in [2.45, 2.75) is 51.9 Å². The average molecular weight is 321 g/mol. The van der Waals surface area contributed by atoms with E-state index in [1.54, 1.807) is 11.1 Å². The van der Waals surface area contributed by atoms with E-state index in [0.29, 0.717) is 17.3 Å². The first kappa shape index (κ1) is 14.8. The molecule has 1 aliphatic rings. The van der Waals surface area contributed by atoms with E-state index in [-0.39, 0.29) is 0 Å². The standard InChI is InChI=1S/C18H25Br/c1-12(2)15-8-9-18(4,5)17-7-6-14(10-16(15)17)13(3)11-19/h6-7,10,12,15H,3,8-9,11H2,1-2,4-5H3. The molecule has 0 aliphatic heterocycles. The van der Waals surface area contributed by atoms with E-state index in [9.17, 15) is 0 Å². The Balaban J connectivity index is 2.53. The fourth-order valence-electron chi connectivity index (χ4n) is 3.28. The molecule has 1 aliphatic carbocycles. The van der Waals surface area contributed by atoms with Crippen LogP contribution >= 0.6 is 15.9 Å². The number of hydrogen-bond donors (Lipinski definition) is 0. The van der Waals surface area contributed by atoms with E-state index in [1.807, 2.05) is 0 Å². The second kappa shape index (κ2) is 5.44. The minimum atomic E-state index is 0.314. The molecule has 1 aromatic carbocycles. The predicted octanol–water partition coefficient (Wildman–Crippen LogP) is 5.91. The highest BCUT2D eigenvalue weighted by atomic mass is 79.9. The monoisotopic (exact) mass is 320 g/mol. The Labute approximate surface area is 126 Å². The van der Waals surface area contributed by atoms with Gasteiger partial charge in [-0.1, -0.05) is 68.4 Å². The van der Waals surface area contributed by atoms with Crippen LogP contribution in [0.4, 0.5) is 0 Å². The molecule has 1 atom stereocenters. The van der Waals surface area contributed by atoms with Gasteiger partial charge in [-0.15, -0.1) is 0 Å². The second-order valence-corrected chi connectivity index (χ2v) is 7.37. The van der Waals surface area contributed by atoms with Gasteiger partial charge in [0.15, 0.2) is 0 Å². The van der Waals surface area contributed by atoms with Gasteiger partial charge in [-0.25, -0.2) is 0 Å². The molecule has 1 aromatic rings. The summed E-state index contributed by atoms with van der Waals surface area (Å²) in [6, 6.07) is 6.98. The normalized spacial score (nSPS) is 21.3. The van der Waals surface area contributed by atoms with Crippen LogP contribution in [0.5, 0.6) is 0 Å². The quantitative estimate of drug-likeness (QED) is 0.608. The maximum atomic E-state index is 4.15. The molecule has 0 heterocycles. The number of rotatable bonds is 3. The molecule has 0 amide bonds. The summed E-state index contributed by atoms with van der Waals surface area (Å²) in [5.41, 5.74) is 5.89. The Morgan fingerprint density at radius 3 is 2.68 bits per heavy atom. The molecule has 1 unspecified atom stereocenters. The van der Waals surface area contributed by atoms with Crippen LogP contribution in [0.25, 0.3) is 5.57 Å². The molecule has 0 aromatic heterocycles. The molecule has 0 fully saturated rings. The lowest BCUT2D eigenvalue weighted by Gasteiger charge is -2.39. The second-order valence-electron chi connectivity index (χ2n) is 6.81. The van der Waals surface area contributed by atoms with Crippen molar-refractivity contribution < 1.29 is 0 Å². The topological polar surface area (TPSA) is 0 Å². The third-order valence-corrected chi connectivity index (χ3v) is 5.31. The molecule has 1 heteroatoms. The molecule has 0 N–H and O–H groups in total. The summed E-state index contributed by atoms with van der Waals surface area (Å²) >= 11 is 3.51. The Hall–Kier alpha value is -0.560. The average Bonchev–Trinajstić information content (AvgIpc) is 2.36. The van der Waals surface area contributed by atoms with Crippen molar-refractivity contribution in [2.75, 3.05) is 5.33 Å². The number of halogens is 1. The van der Waals surface area contributed by atoms with Gasteiger partial charge in [0.1, 0.15) is 0 Å². The van der Waals surface area contributed by atoms with Crippen LogP contribution in [0.3, 0.4) is 0 Å². The highest BCUT2D eigenvalue weighted by Crippen LogP contribution is 2.46. The van der Waals surface area contributed by atoms with Gasteiger partial charge >= 0.3 is 0 Å². The predicted molar refractivity (Wildman–Crippen MR) is 89.1 cm³/mol. The summed E-state index contributed by atoms with van der Waals surface area (Å²) < 4.78 is 0. The molecule has 0 bridgehead atoms. The van der Waals surface area contributed by atoms with Crippen LogP contribution in [-0.4, -0.2) is 5.33 Å². The Morgan fingerprint density at radius 2 is 2.11 bits per heavy atom. The van der Waals surface area contributed by atoms with Gasteiger partial charge in [0.2, 0.25) is 0 Å². The maximum Gasteiger partial charge on any atom is 0.0283 e. The van der Waals surface area contributed by atoms with Crippen LogP contribution in [-0.2, 0) is 5.41 Å². The van der Waals surface area contributed by atoms with Gasteiger partial charge in [0, 0.05) is 5.33 Å². The summed E-state index contributed by atoms with van der Waals surface area (Å²) in [6.45, 7) is 13.6. The van der Waals surface area contributed by atoms with Gasteiger partial charge in [0.05, 0.1) is 0 Å². The molecule has 0 radical (unpaired) electrons. The van der Waals surface area contributed by atoms with E-state index in [1.165, 1.54) is 24.0 Å². The third kappa shape index (κ3) is 2.81. The largest absolute Gasteiger partial charge is 0.0944 e. The van der Waals surface area contributed by atoms with Crippen molar-refractivity contribution >= 4 is 21.5 Å². The molecule has 104 valence electrons. The number of allylic oxidation sites excluding steroid dienone is 1. The summed E-state index contributed by atoms with van der Waals surface area (Å²) in [4.78, 5) is 0. The van der Waals surface area contributed by atoms with Crippen molar-refractivity contribution in [3.05, 3.63) is 41.5 Å². The smallest absolute Gasteiger partial charge is 0.0283 e. The van der Waals surface area contributed by atoms with Crippen LogP contribution in [0.1, 0.15) is 63.1 Å². The Morgan fingerprint density at radius 1 is 1.42 bits per heavy atom. The SMILES string of the molecule is C=C(CBr)c1ccc2c(c1)C(C(C)C)CCC2(C)C. The van der Waals surface area contributed by atoms with Gasteiger partial charge in [-0.2, -0.15) is 0 Å². The zero-order chi connectivity index (χ0) is 14.2. The lowest BCUT2D eigenvalue weighted by atomic mass is 9.66. The first-order chi connectivity index (χ1) is 8.86. The van der Waals surface area contributed by atoms with E-state index >= 15 is 0 Å². The molecule has 0 spiro atoms. The van der Waals surface area contributed by atoms with Crippen molar-refractivity contribution in [2.24, 2.45) is 5.92 Å². The third-order valence-electron chi connectivity index (χ3n) is 4.63. The van der Waals surface area contributed by atoms with Gasteiger partial charge in [0.25, 0.3) is 0 Å². The highest BCUT2D eigenvalue weighted by Gasteiger charge is 2.33. The summed E-state index contributed by atoms with van der Waals surface area (Å²) in [5.74, 6) is 1.41. The summed E-state index contributed by atoms with van der Waals surface area (Å²) in [7, 11) is 0. The number of hydrogen-bond acceptors (Lipinski definition) is 0. The van der Waals surface area contributed by atoms with Crippen LogP contribution in [0.2, 0.25) is 0 Å². The van der Waals surface area contributed by atoms with E-state index in [4.69, 9.17) is 0 Å². The first-order valence-corrected chi connectivity index (χ1v) is 8.37. The van der Waals surface area contributed by atoms with Gasteiger partial charge < -0.3 is 0 Å². The van der Waals surface area contributed by atoms with Crippen molar-refractivity contribution in [1.29, 1.82) is 0 Å². The summed E-state index contributed by atoms with van der Waals surface area (Å²) in [6.07, 6.45) is 2.60. The lowest BCUT2D eigenvalue weighted by Crippen LogP contribution is -2.28. The molecular weight excluding hydrogens is 296 g/mol. The zero-order valence-electron chi connectivity index (χ0n) is 12.6. The van der Waals surface area contributed by atoms with E-state index < -0.39 is 0 Å². The molecule has 0 saturated carbocycles. The Bertz CT molecular complexity index is 482. The fourth-order valence-corrected chi connectivity index (χ4v) is 3.61. The fraction of sp³-hybridized carbons (Fsp3) is 0.556. The van der Waals surface area contributed by atoms with Crippen molar-refractivity contribution in [3.8, 4) is 0 Å². The zero-order valence-corrected chi connectivity index (χ0v) is 14.2. The van der Waals surface area contributed by atoms with Crippen LogP contribution in [0.15, 0.2) is 24.8 Å². The highest BCUT2D eigenvalue weighted by molar-refractivity contribution is 9.09. The van der Waals surface area contributed by atoms with Crippen molar-refractivity contribution in [1.82, 2.24) is 0 Å². The molecule has 0 nitrogen and oxygen atoms in total. The van der Waals surface area contributed by atoms with E-state index in [2.05, 4.69) is 68.4 Å². The van der Waals surface area contributed by atoms with Gasteiger partial charge in [-0.05, 0) is 52.4 Å². The lowest BCUT2D eigenvalue weighted by molar-refractivity contribution is 0.346. The van der Waals surface area contributed by atoms with Crippen molar-refractivity contribution in [3.63, 3.8) is 0 Å². The minimum absolute atomic E-state index is 0.314. The molecule has 2 rings (SSSR count). The number of fused-ring (bicyclic) bond motifs is 1. The maximum absolute atomic E-state index is 4.15. The number of alkyl halides is 1. The number of benzene rings is 1. The van der Waals surface area contributed by atoms with E-state index in [0.717, 1.165) is 5.33 Å². The summed E-state index contributed by atoms with van der Waals surface area (Å²) in [5, 5.41) is 0.849. The molecular formula is C18H25Br. The van der Waals surface area contributed by atoms with Crippen LogP contribution in [0, 0.1) is 5.92 Å². The first-order valence-electron chi connectivity index (χ1n) is 7.25. The molecule has 19 heavy (non-hydrogen) atoms. The molecule has 0 saturated heterocycles. The Kier molecular flexibility index (Phi) is 4.25. The minimum Gasteiger partial charge on any atom is -0.0944 e. The van der Waals surface area contributed by atoms with Crippen LogP contribution < -0.4 is 0 Å². The van der Waals surface area contributed by atoms with Gasteiger partial charge in [-0.3, -0.25) is 0 Å².